The molecule has 0 aliphatic rings. The SMILES string of the molecule is CC(C)CCOc1ccc(C(=O)NNC(=O)c2ccc(NS(=O)(=O)c3cccs3)cc2)cc1. The maximum absolute atomic E-state index is 12.3. The lowest BCUT2D eigenvalue weighted by atomic mass is 10.1. The monoisotopic (exact) mass is 487 g/mol. The molecule has 0 spiro atoms. The normalized spacial score (nSPS) is 11.1. The van der Waals surface area contributed by atoms with E-state index in [4.69, 9.17) is 4.74 Å². The first kappa shape index (κ1) is 24.3. The van der Waals surface area contributed by atoms with Gasteiger partial charge < -0.3 is 4.74 Å². The van der Waals surface area contributed by atoms with Crippen LogP contribution in [0, 0.1) is 5.92 Å². The van der Waals surface area contributed by atoms with Crippen LogP contribution >= 0.6 is 11.3 Å². The van der Waals surface area contributed by atoms with Crippen LogP contribution in [-0.4, -0.2) is 26.8 Å². The molecule has 1 aromatic heterocycles. The average Bonchev–Trinajstić information content (AvgIpc) is 3.34. The number of carbonyl (C=O) groups is 2. The minimum Gasteiger partial charge on any atom is -0.494 e. The predicted octanol–water partition coefficient (Wildman–Crippen LogP) is 4.05. The fourth-order valence-electron chi connectivity index (χ4n) is 2.68. The van der Waals surface area contributed by atoms with Gasteiger partial charge in [0.1, 0.15) is 9.96 Å². The van der Waals surface area contributed by atoms with E-state index in [1.54, 1.807) is 35.7 Å². The van der Waals surface area contributed by atoms with Crippen LogP contribution in [0.1, 0.15) is 41.0 Å². The third-order valence-electron chi connectivity index (χ3n) is 4.53. The summed E-state index contributed by atoms with van der Waals surface area (Å²) in [6.07, 6.45) is 0.940. The van der Waals surface area contributed by atoms with Crippen LogP contribution in [0.5, 0.6) is 5.75 Å². The zero-order valence-electron chi connectivity index (χ0n) is 18.2. The third-order valence-corrected chi connectivity index (χ3v) is 7.31. The van der Waals surface area contributed by atoms with Gasteiger partial charge >= 0.3 is 0 Å². The molecule has 0 aliphatic heterocycles. The van der Waals surface area contributed by atoms with E-state index in [2.05, 4.69) is 29.4 Å². The molecule has 0 aliphatic carbocycles. The molecule has 0 atom stereocenters. The number of rotatable bonds is 9. The van der Waals surface area contributed by atoms with E-state index in [-0.39, 0.29) is 9.77 Å². The van der Waals surface area contributed by atoms with Crippen molar-refractivity contribution in [1.29, 1.82) is 0 Å². The van der Waals surface area contributed by atoms with Crippen molar-refractivity contribution in [3.63, 3.8) is 0 Å². The number of benzene rings is 2. The summed E-state index contributed by atoms with van der Waals surface area (Å²) in [6.45, 7) is 4.84. The molecule has 0 bridgehead atoms. The van der Waals surface area contributed by atoms with Crippen molar-refractivity contribution >= 4 is 38.9 Å². The maximum Gasteiger partial charge on any atom is 0.271 e. The minimum absolute atomic E-state index is 0.196. The molecule has 2 amide bonds. The summed E-state index contributed by atoms with van der Waals surface area (Å²) in [7, 11) is -3.67. The molecule has 2 aromatic carbocycles. The van der Waals surface area contributed by atoms with Crippen molar-refractivity contribution in [2.75, 3.05) is 11.3 Å². The summed E-state index contributed by atoms with van der Waals surface area (Å²) in [5, 5.41) is 1.67. The molecular weight excluding hydrogens is 462 g/mol. The Balaban J connectivity index is 1.50. The summed E-state index contributed by atoms with van der Waals surface area (Å²) in [5.74, 6) is 0.207. The van der Waals surface area contributed by atoms with Gasteiger partial charge in [0.25, 0.3) is 21.8 Å². The van der Waals surface area contributed by atoms with Gasteiger partial charge in [-0.1, -0.05) is 19.9 Å². The lowest BCUT2D eigenvalue weighted by molar-refractivity contribution is 0.0846. The zero-order chi connectivity index (χ0) is 23.8. The second kappa shape index (κ2) is 11.0. The van der Waals surface area contributed by atoms with Crippen molar-refractivity contribution in [3.8, 4) is 5.75 Å². The van der Waals surface area contributed by atoms with Gasteiger partial charge in [0.15, 0.2) is 0 Å². The third kappa shape index (κ3) is 7.06. The topological polar surface area (TPSA) is 114 Å². The van der Waals surface area contributed by atoms with Crippen molar-refractivity contribution in [2.45, 2.75) is 24.5 Å². The van der Waals surface area contributed by atoms with Gasteiger partial charge in [-0.25, -0.2) is 8.42 Å². The molecule has 174 valence electrons. The molecule has 33 heavy (non-hydrogen) atoms. The van der Waals surface area contributed by atoms with Crippen molar-refractivity contribution in [1.82, 2.24) is 10.9 Å². The average molecular weight is 488 g/mol. The first-order chi connectivity index (χ1) is 15.7. The number of thiophene rings is 1. The second-order valence-electron chi connectivity index (χ2n) is 7.58. The number of nitrogens with one attached hydrogen (secondary N) is 3. The number of ether oxygens (including phenoxy) is 1. The Morgan fingerprint density at radius 1 is 0.909 bits per heavy atom. The number of sulfonamides is 1. The molecule has 3 rings (SSSR count). The van der Waals surface area contributed by atoms with Crippen molar-refractivity contribution in [2.24, 2.45) is 5.92 Å². The van der Waals surface area contributed by atoms with Crippen LogP contribution in [-0.2, 0) is 10.0 Å². The molecule has 0 saturated carbocycles. The summed E-state index contributed by atoms with van der Waals surface area (Å²) in [4.78, 5) is 24.6. The molecule has 0 radical (unpaired) electrons. The molecule has 3 N–H and O–H groups in total. The van der Waals surface area contributed by atoms with Crippen LogP contribution in [0.15, 0.2) is 70.3 Å². The fraction of sp³-hybridized carbons (Fsp3) is 0.217. The number of amides is 2. The Morgan fingerprint density at radius 3 is 2.00 bits per heavy atom. The number of anilines is 1. The van der Waals surface area contributed by atoms with Gasteiger partial charge in [-0.3, -0.25) is 25.2 Å². The lowest BCUT2D eigenvalue weighted by Crippen LogP contribution is -2.41. The van der Waals surface area contributed by atoms with E-state index >= 15 is 0 Å². The summed E-state index contributed by atoms with van der Waals surface area (Å²) >= 11 is 1.11. The van der Waals surface area contributed by atoms with Gasteiger partial charge in [0.2, 0.25) is 0 Å². The lowest BCUT2D eigenvalue weighted by Gasteiger charge is -2.10. The fourth-order valence-corrected chi connectivity index (χ4v) is 4.74. The summed E-state index contributed by atoms with van der Waals surface area (Å²) < 4.78 is 32.8. The number of hydrogen-bond donors (Lipinski definition) is 3. The molecule has 1 heterocycles. The molecule has 0 unspecified atom stereocenters. The highest BCUT2D eigenvalue weighted by Gasteiger charge is 2.15. The highest BCUT2D eigenvalue weighted by atomic mass is 32.2. The molecule has 8 nitrogen and oxygen atoms in total. The van der Waals surface area contributed by atoms with E-state index in [9.17, 15) is 18.0 Å². The number of carbonyl (C=O) groups excluding carboxylic acids is 2. The van der Waals surface area contributed by atoms with E-state index in [1.807, 2.05) is 0 Å². The molecule has 0 fully saturated rings. The van der Waals surface area contributed by atoms with Gasteiger partial charge in [-0.05, 0) is 72.3 Å². The smallest absolute Gasteiger partial charge is 0.271 e. The van der Waals surface area contributed by atoms with Gasteiger partial charge in [0, 0.05) is 16.8 Å². The largest absolute Gasteiger partial charge is 0.494 e. The van der Waals surface area contributed by atoms with E-state index in [0.29, 0.717) is 29.5 Å². The Bertz CT molecular complexity index is 1170. The standard InChI is InChI=1S/C23H25N3O5S2/c1-16(2)13-14-31-20-11-7-18(8-12-20)23(28)25-24-22(27)17-5-9-19(10-6-17)26-33(29,30)21-4-3-15-32-21/h3-12,15-16,26H,13-14H2,1-2H3,(H,24,27)(H,25,28). The zero-order valence-corrected chi connectivity index (χ0v) is 19.8. The maximum atomic E-state index is 12.3. The molecule has 0 saturated heterocycles. The number of hydrazine groups is 1. The van der Waals surface area contributed by atoms with E-state index in [0.717, 1.165) is 17.8 Å². The van der Waals surface area contributed by atoms with Crippen LogP contribution < -0.4 is 20.3 Å². The van der Waals surface area contributed by atoms with Crippen molar-refractivity contribution < 1.29 is 22.7 Å². The number of hydrogen-bond acceptors (Lipinski definition) is 6. The van der Waals surface area contributed by atoms with Crippen LogP contribution in [0.3, 0.4) is 0 Å². The van der Waals surface area contributed by atoms with Crippen LogP contribution in [0.25, 0.3) is 0 Å². The second-order valence-corrected chi connectivity index (χ2v) is 10.4. The van der Waals surface area contributed by atoms with E-state index < -0.39 is 21.8 Å². The highest BCUT2D eigenvalue weighted by molar-refractivity contribution is 7.94. The Kier molecular flexibility index (Phi) is 8.07. The Morgan fingerprint density at radius 2 is 1.48 bits per heavy atom. The molecule has 3 aromatic rings. The molecular formula is C23H25N3O5S2. The van der Waals surface area contributed by atoms with Crippen LogP contribution in [0.2, 0.25) is 0 Å². The van der Waals surface area contributed by atoms with E-state index in [1.165, 1.54) is 30.3 Å². The van der Waals surface area contributed by atoms with Gasteiger partial charge in [-0.15, -0.1) is 11.3 Å². The predicted molar refractivity (Wildman–Crippen MR) is 128 cm³/mol. The highest BCUT2D eigenvalue weighted by Crippen LogP contribution is 2.20. The van der Waals surface area contributed by atoms with Gasteiger partial charge in [-0.2, -0.15) is 0 Å². The first-order valence-corrected chi connectivity index (χ1v) is 12.6. The first-order valence-electron chi connectivity index (χ1n) is 10.2. The molecule has 10 heteroatoms. The quantitative estimate of drug-likeness (QED) is 0.394. The Hall–Kier alpha value is -3.37. The summed E-state index contributed by atoms with van der Waals surface area (Å²) in [6, 6.07) is 15.6. The Labute approximate surface area is 197 Å². The van der Waals surface area contributed by atoms with Crippen LogP contribution in [0.4, 0.5) is 5.69 Å². The van der Waals surface area contributed by atoms with Gasteiger partial charge in [0.05, 0.1) is 6.61 Å². The summed E-state index contributed by atoms with van der Waals surface area (Å²) in [5.41, 5.74) is 5.64. The van der Waals surface area contributed by atoms with Crippen molar-refractivity contribution in [3.05, 3.63) is 77.2 Å². The minimum atomic E-state index is -3.67.